The van der Waals surface area contributed by atoms with Crippen LogP contribution in [0.3, 0.4) is 0 Å². The van der Waals surface area contributed by atoms with Gasteiger partial charge in [-0.2, -0.15) is 0 Å². The van der Waals surface area contributed by atoms with Crippen LogP contribution >= 0.6 is 0 Å². The number of imide groups is 1. The number of carboxylic acids is 1. The van der Waals surface area contributed by atoms with Crippen LogP contribution in [0.25, 0.3) is 0 Å². The van der Waals surface area contributed by atoms with E-state index >= 15 is 0 Å². The van der Waals surface area contributed by atoms with Crippen molar-refractivity contribution in [3.63, 3.8) is 0 Å². The van der Waals surface area contributed by atoms with Gasteiger partial charge < -0.3 is 10.8 Å². The van der Waals surface area contributed by atoms with Crippen molar-refractivity contribution >= 4 is 17.9 Å². The van der Waals surface area contributed by atoms with E-state index in [0.717, 1.165) is 6.42 Å². The number of carbonyl (C=O) groups excluding carboxylic acids is 2. The summed E-state index contributed by atoms with van der Waals surface area (Å²) >= 11 is 0. The van der Waals surface area contributed by atoms with E-state index in [-0.39, 0.29) is 18.9 Å². The van der Waals surface area contributed by atoms with Crippen molar-refractivity contribution in [1.29, 1.82) is 0 Å². The average molecular weight is 229 g/mol. The zero-order valence-corrected chi connectivity index (χ0v) is 8.81. The first-order valence-electron chi connectivity index (χ1n) is 5.01. The molecular weight excluding hydrogens is 214 g/mol. The van der Waals surface area contributed by atoms with Crippen molar-refractivity contribution in [1.82, 2.24) is 10.2 Å². The van der Waals surface area contributed by atoms with Gasteiger partial charge in [0.1, 0.15) is 0 Å². The molecule has 0 aromatic rings. The Hall–Kier alpha value is -1.63. The van der Waals surface area contributed by atoms with Gasteiger partial charge in [0, 0.05) is 13.0 Å². The number of rotatable bonds is 4. The Bertz CT molecular complexity index is 305. The third kappa shape index (κ3) is 4.26. The number of amides is 3. The Morgan fingerprint density at radius 3 is 2.69 bits per heavy atom. The number of hydrogen-bond donors (Lipinski definition) is 3. The lowest BCUT2D eigenvalue weighted by molar-refractivity contribution is -0.138. The summed E-state index contributed by atoms with van der Waals surface area (Å²) in [6.45, 7) is 1.32. The van der Waals surface area contributed by atoms with Gasteiger partial charge in [-0.1, -0.05) is 0 Å². The number of hydrogen-bond acceptors (Lipinski definition) is 4. The highest BCUT2D eigenvalue weighted by molar-refractivity contribution is 5.94. The number of carboxylic acid groups (broad SMARTS) is 1. The predicted molar refractivity (Wildman–Crippen MR) is 54.5 cm³/mol. The first kappa shape index (κ1) is 12.4. The van der Waals surface area contributed by atoms with Crippen LogP contribution in [0.5, 0.6) is 0 Å². The maximum Gasteiger partial charge on any atom is 0.318 e. The van der Waals surface area contributed by atoms with Crippen LogP contribution in [0.15, 0.2) is 0 Å². The van der Waals surface area contributed by atoms with E-state index in [2.05, 4.69) is 0 Å². The summed E-state index contributed by atoms with van der Waals surface area (Å²) in [4.78, 5) is 33.8. The van der Waals surface area contributed by atoms with E-state index in [1.165, 1.54) is 0 Å². The van der Waals surface area contributed by atoms with Crippen molar-refractivity contribution in [2.24, 2.45) is 11.7 Å². The first-order valence-corrected chi connectivity index (χ1v) is 5.01. The third-order valence-electron chi connectivity index (χ3n) is 2.46. The summed E-state index contributed by atoms with van der Waals surface area (Å²) in [5, 5.41) is 10.6. The van der Waals surface area contributed by atoms with Crippen molar-refractivity contribution < 1.29 is 19.5 Å². The molecule has 16 heavy (non-hydrogen) atoms. The van der Waals surface area contributed by atoms with Crippen molar-refractivity contribution in [3.05, 3.63) is 0 Å². The number of nitrogens with zero attached hydrogens (tertiary/aromatic N) is 1. The Morgan fingerprint density at radius 1 is 1.44 bits per heavy atom. The van der Waals surface area contributed by atoms with E-state index in [4.69, 9.17) is 10.8 Å². The first-order chi connectivity index (χ1) is 7.47. The van der Waals surface area contributed by atoms with Crippen LogP contribution in [0.4, 0.5) is 4.79 Å². The number of nitrogens with one attached hydrogen (secondary N) is 1. The fourth-order valence-corrected chi connectivity index (χ4v) is 1.85. The molecule has 7 nitrogen and oxygen atoms in total. The standard InChI is InChI=1S/C9H15N3O4/c10-9(16)11-7(13)5-12-2-1-6(4-12)3-8(14)15/h6H,1-5H2,(H,14,15)(H3,10,11,13,16). The summed E-state index contributed by atoms with van der Waals surface area (Å²) < 4.78 is 0. The number of carbonyl (C=O) groups is 3. The minimum atomic E-state index is -0.869. The molecule has 0 saturated carbocycles. The second-order valence-electron chi connectivity index (χ2n) is 3.90. The lowest BCUT2D eigenvalue weighted by atomic mass is 10.1. The minimum absolute atomic E-state index is 0.0823. The second-order valence-corrected chi connectivity index (χ2v) is 3.90. The van der Waals surface area contributed by atoms with Crippen molar-refractivity contribution in [2.45, 2.75) is 12.8 Å². The zero-order valence-electron chi connectivity index (χ0n) is 8.81. The van der Waals surface area contributed by atoms with Gasteiger partial charge in [-0.25, -0.2) is 4.79 Å². The third-order valence-corrected chi connectivity index (χ3v) is 2.46. The predicted octanol–water partition coefficient (Wildman–Crippen LogP) is -1.02. The molecule has 1 atom stereocenters. The molecule has 1 heterocycles. The van der Waals surface area contributed by atoms with Gasteiger partial charge in [0.2, 0.25) is 5.91 Å². The summed E-state index contributed by atoms with van der Waals surface area (Å²) in [5.41, 5.74) is 4.79. The number of aliphatic carboxylic acids is 1. The molecule has 0 radical (unpaired) electrons. The van der Waals surface area contributed by atoms with E-state index in [1.807, 2.05) is 10.2 Å². The quantitative estimate of drug-likeness (QED) is 0.571. The Morgan fingerprint density at radius 2 is 2.12 bits per heavy atom. The molecule has 1 saturated heterocycles. The van der Waals surface area contributed by atoms with Crippen molar-refractivity contribution in [2.75, 3.05) is 19.6 Å². The maximum atomic E-state index is 11.2. The Balaban J connectivity index is 2.28. The monoisotopic (exact) mass is 229 g/mol. The molecule has 0 aromatic carbocycles. The average Bonchev–Trinajstić information content (AvgIpc) is 2.49. The van der Waals surface area contributed by atoms with Crippen LogP contribution in [0.2, 0.25) is 0 Å². The summed E-state index contributed by atoms with van der Waals surface area (Å²) in [7, 11) is 0. The number of urea groups is 1. The van der Waals surface area contributed by atoms with Crippen LogP contribution in [-0.2, 0) is 9.59 Å². The van der Waals surface area contributed by atoms with Crippen LogP contribution in [-0.4, -0.2) is 47.5 Å². The molecule has 0 bridgehead atoms. The lowest BCUT2D eigenvalue weighted by Crippen LogP contribution is -2.41. The van der Waals surface area contributed by atoms with E-state index < -0.39 is 17.9 Å². The summed E-state index contributed by atoms with van der Waals surface area (Å²) in [6, 6.07) is -0.869. The maximum absolute atomic E-state index is 11.2. The molecule has 90 valence electrons. The van der Waals surface area contributed by atoms with E-state index in [9.17, 15) is 14.4 Å². The number of likely N-dealkylation sites (tertiary alicyclic amines) is 1. The Kier molecular flexibility index (Phi) is 4.24. The summed E-state index contributed by atoms with van der Waals surface area (Å²) in [5.74, 6) is -1.20. The smallest absolute Gasteiger partial charge is 0.318 e. The number of primary amides is 1. The highest BCUT2D eigenvalue weighted by Gasteiger charge is 2.25. The molecule has 7 heteroatoms. The van der Waals surface area contributed by atoms with Gasteiger partial charge in [0.25, 0.3) is 0 Å². The molecule has 4 N–H and O–H groups in total. The van der Waals surface area contributed by atoms with E-state index in [1.54, 1.807) is 0 Å². The van der Waals surface area contributed by atoms with Crippen LogP contribution in [0, 0.1) is 5.92 Å². The molecule has 1 rings (SSSR count). The fraction of sp³-hybridized carbons (Fsp3) is 0.667. The zero-order chi connectivity index (χ0) is 12.1. The number of nitrogens with two attached hydrogens (primary N) is 1. The molecule has 1 unspecified atom stereocenters. The van der Waals surface area contributed by atoms with E-state index in [0.29, 0.717) is 13.1 Å². The topological polar surface area (TPSA) is 113 Å². The molecule has 1 aliphatic rings. The van der Waals surface area contributed by atoms with Gasteiger partial charge in [-0.15, -0.1) is 0 Å². The Labute approximate surface area is 92.6 Å². The highest BCUT2D eigenvalue weighted by Crippen LogP contribution is 2.18. The molecule has 1 fully saturated rings. The molecule has 0 aromatic heterocycles. The fourth-order valence-electron chi connectivity index (χ4n) is 1.85. The minimum Gasteiger partial charge on any atom is -0.481 e. The second kappa shape index (κ2) is 5.45. The molecular formula is C9H15N3O4. The molecule has 0 aliphatic carbocycles. The van der Waals surface area contributed by atoms with Crippen molar-refractivity contribution in [3.8, 4) is 0 Å². The highest BCUT2D eigenvalue weighted by atomic mass is 16.4. The van der Waals surface area contributed by atoms with Crippen LogP contribution in [0.1, 0.15) is 12.8 Å². The van der Waals surface area contributed by atoms with Crippen LogP contribution < -0.4 is 11.1 Å². The van der Waals surface area contributed by atoms with Gasteiger partial charge >= 0.3 is 12.0 Å². The normalized spacial score (nSPS) is 20.6. The largest absolute Gasteiger partial charge is 0.481 e. The summed E-state index contributed by atoms with van der Waals surface area (Å²) in [6.07, 6.45) is 0.879. The molecule has 0 spiro atoms. The SMILES string of the molecule is NC(=O)NC(=O)CN1CCC(CC(=O)O)C1. The lowest BCUT2D eigenvalue weighted by Gasteiger charge is -2.14. The van der Waals surface area contributed by atoms with Gasteiger partial charge in [-0.3, -0.25) is 19.8 Å². The van der Waals surface area contributed by atoms with Gasteiger partial charge in [0.15, 0.2) is 0 Å². The molecule has 3 amide bonds. The molecule has 1 aliphatic heterocycles. The van der Waals surface area contributed by atoms with Gasteiger partial charge in [-0.05, 0) is 18.9 Å². The van der Waals surface area contributed by atoms with Gasteiger partial charge in [0.05, 0.1) is 6.54 Å².